The molecule has 23 heavy (non-hydrogen) atoms. The molecule has 8 heteroatoms. The standard InChI is InChI=1S/C15H15FN4O2S/c1-2-23(22)15-18-13(17)11-7-12(21)20(14(11)19-15)8-9-3-5-10(16)6-4-9/h3-6H,2,7-8H2,1H3,(H2,17,18,19). The summed E-state index contributed by atoms with van der Waals surface area (Å²) in [5.74, 6) is 0.439. The monoisotopic (exact) mass is 334 g/mol. The van der Waals surface area contributed by atoms with E-state index in [0.29, 0.717) is 17.1 Å². The van der Waals surface area contributed by atoms with E-state index in [1.54, 1.807) is 19.1 Å². The summed E-state index contributed by atoms with van der Waals surface area (Å²) in [7, 11) is -1.36. The van der Waals surface area contributed by atoms with E-state index in [2.05, 4.69) is 9.97 Å². The Morgan fingerprint density at radius 2 is 2.00 bits per heavy atom. The Morgan fingerprint density at radius 1 is 1.30 bits per heavy atom. The van der Waals surface area contributed by atoms with Crippen LogP contribution in [0.5, 0.6) is 0 Å². The van der Waals surface area contributed by atoms with Crippen LogP contribution in [0, 0.1) is 5.82 Å². The SMILES string of the molecule is CCS(=O)c1nc(N)c2c(n1)N(Cc1ccc(F)cc1)C(=O)C2. The van der Waals surface area contributed by atoms with Crippen LogP contribution in [-0.2, 0) is 28.6 Å². The second-order valence-electron chi connectivity index (χ2n) is 5.11. The van der Waals surface area contributed by atoms with Gasteiger partial charge in [0.05, 0.1) is 23.8 Å². The van der Waals surface area contributed by atoms with Crippen molar-refractivity contribution in [2.45, 2.75) is 25.0 Å². The maximum atomic E-state index is 13.0. The van der Waals surface area contributed by atoms with Gasteiger partial charge in [0.25, 0.3) is 0 Å². The van der Waals surface area contributed by atoms with Crippen molar-refractivity contribution in [3.05, 3.63) is 41.2 Å². The van der Waals surface area contributed by atoms with Gasteiger partial charge in [0.1, 0.15) is 17.5 Å². The van der Waals surface area contributed by atoms with E-state index >= 15 is 0 Å². The number of nitrogens with two attached hydrogens (primary N) is 1. The van der Waals surface area contributed by atoms with E-state index in [9.17, 15) is 13.4 Å². The molecule has 6 nitrogen and oxygen atoms in total. The topological polar surface area (TPSA) is 89.2 Å². The third kappa shape index (κ3) is 2.94. The number of rotatable bonds is 4. The van der Waals surface area contributed by atoms with Gasteiger partial charge < -0.3 is 5.73 Å². The maximum Gasteiger partial charge on any atom is 0.233 e. The first-order chi connectivity index (χ1) is 11.0. The van der Waals surface area contributed by atoms with E-state index in [1.807, 2.05) is 0 Å². The molecule has 1 aliphatic heterocycles. The molecule has 0 bridgehead atoms. The molecule has 2 aromatic rings. The quantitative estimate of drug-likeness (QED) is 0.854. The van der Waals surface area contributed by atoms with Gasteiger partial charge in [-0.3, -0.25) is 13.9 Å². The van der Waals surface area contributed by atoms with Crippen molar-refractivity contribution in [1.82, 2.24) is 9.97 Å². The Morgan fingerprint density at radius 3 is 2.65 bits per heavy atom. The van der Waals surface area contributed by atoms with Crippen LogP contribution in [-0.4, -0.2) is 25.8 Å². The largest absolute Gasteiger partial charge is 0.383 e. The van der Waals surface area contributed by atoms with E-state index in [4.69, 9.17) is 5.73 Å². The van der Waals surface area contributed by atoms with Crippen LogP contribution >= 0.6 is 0 Å². The Labute approximate surface area is 135 Å². The van der Waals surface area contributed by atoms with Gasteiger partial charge in [-0.1, -0.05) is 19.1 Å². The highest BCUT2D eigenvalue weighted by Crippen LogP contribution is 2.32. The fourth-order valence-corrected chi connectivity index (χ4v) is 3.04. The summed E-state index contributed by atoms with van der Waals surface area (Å²) in [6, 6.07) is 5.89. The number of fused-ring (bicyclic) bond motifs is 1. The van der Waals surface area contributed by atoms with Crippen LogP contribution in [0.4, 0.5) is 16.0 Å². The van der Waals surface area contributed by atoms with Gasteiger partial charge in [0.2, 0.25) is 11.1 Å². The summed E-state index contributed by atoms with van der Waals surface area (Å²) in [5.41, 5.74) is 7.21. The average molecular weight is 334 g/mol. The molecule has 0 aliphatic carbocycles. The van der Waals surface area contributed by atoms with Gasteiger partial charge in [-0.25, -0.2) is 14.4 Å². The molecule has 0 saturated heterocycles. The number of benzene rings is 1. The first kappa shape index (κ1) is 15.5. The van der Waals surface area contributed by atoms with Gasteiger partial charge >= 0.3 is 0 Å². The maximum absolute atomic E-state index is 13.0. The van der Waals surface area contributed by atoms with Crippen molar-refractivity contribution in [3.63, 3.8) is 0 Å². The van der Waals surface area contributed by atoms with Crippen molar-refractivity contribution in [2.75, 3.05) is 16.4 Å². The Balaban J connectivity index is 1.98. The molecule has 1 unspecified atom stereocenters. The lowest BCUT2D eigenvalue weighted by molar-refractivity contribution is -0.117. The Kier molecular flexibility index (Phi) is 4.08. The molecule has 3 rings (SSSR count). The van der Waals surface area contributed by atoms with Crippen LogP contribution in [0.3, 0.4) is 0 Å². The smallest absolute Gasteiger partial charge is 0.233 e. The highest BCUT2D eigenvalue weighted by atomic mass is 32.2. The summed E-state index contributed by atoms with van der Waals surface area (Å²) < 4.78 is 24.9. The number of carbonyl (C=O) groups is 1. The summed E-state index contributed by atoms with van der Waals surface area (Å²) in [5, 5.41) is 0.127. The highest BCUT2D eigenvalue weighted by Gasteiger charge is 2.32. The molecule has 120 valence electrons. The average Bonchev–Trinajstić information content (AvgIpc) is 2.85. The predicted octanol–water partition coefficient (Wildman–Crippen LogP) is 1.41. The van der Waals surface area contributed by atoms with Crippen molar-refractivity contribution in [2.24, 2.45) is 0 Å². The van der Waals surface area contributed by atoms with E-state index in [0.717, 1.165) is 5.56 Å². The van der Waals surface area contributed by atoms with Crippen molar-refractivity contribution in [3.8, 4) is 0 Å². The lowest BCUT2D eigenvalue weighted by atomic mass is 10.2. The number of halogens is 1. The number of hydrogen-bond acceptors (Lipinski definition) is 5. The fraction of sp³-hybridized carbons (Fsp3) is 0.267. The van der Waals surface area contributed by atoms with Gasteiger partial charge in [0.15, 0.2) is 0 Å². The second kappa shape index (κ2) is 6.04. The number of aromatic nitrogens is 2. The van der Waals surface area contributed by atoms with E-state index < -0.39 is 10.8 Å². The fourth-order valence-electron chi connectivity index (χ4n) is 2.39. The summed E-state index contributed by atoms with van der Waals surface area (Å²) in [6.45, 7) is 2.01. The normalized spacial score (nSPS) is 14.9. The third-order valence-corrected chi connectivity index (χ3v) is 4.72. The molecule has 2 heterocycles. The summed E-state index contributed by atoms with van der Waals surface area (Å²) in [4.78, 5) is 22.0. The van der Waals surface area contributed by atoms with Crippen LogP contribution in [0.25, 0.3) is 0 Å². The van der Waals surface area contributed by atoms with Crippen LogP contribution < -0.4 is 10.6 Å². The molecule has 1 amide bonds. The Bertz CT molecular complexity index is 795. The molecule has 1 atom stereocenters. The molecule has 0 fully saturated rings. The Hall–Kier alpha value is -2.35. The number of hydrogen-bond donors (Lipinski definition) is 1. The van der Waals surface area contributed by atoms with Gasteiger partial charge in [-0.2, -0.15) is 0 Å². The van der Waals surface area contributed by atoms with Crippen LogP contribution in [0.1, 0.15) is 18.1 Å². The minimum absolute atomic E-state index is 0.113. The highest BCUT2D eigenvalue weighted by molar-refractivity contribution is 7.84. The van der Waals surface area contributed by atoms with E-state index in [1.165, 1.54) is 17.0 Å². The van der Waals surface area contributed by atoms with Crippen molar-refractivity contribution >= 4 is 28.3 Å². The van der Waals surface area contributed by atoms with Crippen LogP contribution in [0.15, 0.2) is 29.4 Å². The minimum Gasteiger partial charge on any atom is -0.383 e. The summed E-state index contributed by atoms with van der Waals surface area (Å²) >= 11 is 0. The molecule has 2 N–H and O–H groups in total. The summed E-state index contributed by atoms with van der Waals surface area (Å²) in [6.07, 6.45) is 0.113. The van der Waals surface area contributed by atoms with Crippen molar-refractivity contribution in [1.29, 1.82) is 0 Å². The number of nitrogens with zero attached hydrogens (tertiary/aromatic N) is 3. The second-order valence-corrected chi connectivity index (χ2v) is 6.74. The zero-order valence-electron chi connectivity index (χ0n) is 12.5. The molecule has 1 aromatic carbocycles. The number of anilines is 2. The number of amides is 1. The van der Waals surface area contributed by atoms with Gasteiger partial charge in [-0.15, -0.1) is 0 Å². The molecule has 1 aromatic heterocycles. The molecule has 0 saturated carbocycles. The van der Waals surface area contributed by atoms with Crippen LogP contribution in [0.2, 0.25) is 0 Å². The van der Waals surface area contributed by atoms with Crippen molar-refractivity contribution < 1.29 is 13.4 Å². The number of carbonyl (C=O) groups excluding carboxylic acids is 1. The molecule has 0 spiro atoms. The lowest BCUT2D eigenvalue weighted by Gasteiger charge is -2.17. The number of nitrogen functional groups attached to an aromatic ring is 1. The predicted molar refractivity (Wildman–Crippen MR) is 84.7 cm³/mol. The molecule has 0 radical (unpaired) electrons. The molecular weight excluding hydrogens is 319 g/mol. The zero-order chi connectivity index (χ0) is 16.6. The zero-order valence-corrected chi connectivity index (χ0v) is 13.3. The third-order valence-electron chi connectivity index (χ3n) is 3.60. The molecule has 1 aliphatic rings. The van der Waals surface area contributed by atoms with Gasteiger partial charge in [0, 0.05) is 11.3 Å². The minimum atomic E-state index is -1.36. The molecular formula is C15H15FN4O2S. The van der Waals surface area contributed by atoms with Gasteiger partial charge in [-0.05, 0) is 17.7 Å². The lowest BCUT2D eigenvalue weighted by Crippen LogP contribution is -2.27. The first-order valence-electron chi connectivity index (χ1n) is 7.09. The van der Waals surface area contributed by atoms with E-state index in [-0.39, 0.29) is 35.7 Å². The first-order valence-corrected chi connectivity index (χ1v) is 8.41.